The lowest BCUT2D eigenvalue weighted by Crippen LogP contribution is -2.30. The Hall–Kier alpha value is -2.11. The first kappa shape index (κ1) is 61.9. The molecule has 0 aromatic carbocycles. The molecule has 6 heteroatoms. The maximum atomic E-state index is 12.7. The molecule has 0 fully saturated rings. The van der Waals surface area contributed by atoms with Crippen LogP contribution in [-0.2, 0) is 28.6 Å². The first-order valence-corrected chi connectivity index (χ1v) is 28.3. The van der Waals surface area contributed by atoms with E-state index in [0.29, 0.717) is 19.3 Å². The summed E-state index contributed by atoms with van der Waals surface area (Å²) in [4.78, 5) is 37.6. The summed E-state index contributed by atoms with van der Waals surface area (Å²) in [5, 5.41) is 0. The van der Waals surface area contributed by atoms with Crippen molar-refractivity contribution in [2.75, 3.05) is 13.2 Å². The van der Waals surface area contributed by atoms with Crippen LogP contribution in [0.15, 0.2) is 24.3 Å². The maximum absolute atomic E-state index is 12.7. The molecule has 0 radical (unpaired) electrons. The van der Waals surface area contributed by atoms with Crippen LogP contribution in [0.2, 0.25) is 0 Å². The van der Waals surface area contributed by atoms with Crippen LogP contribution >= 0.6 is 0 Å². The van der Waals surface area contributed by atoms with Crippen molar-refractivity contribution in [3.05, 3.63) is 24.3 Å². The highest BCUT2D eigenvalue weighted by Gasteiger charge is 2.19. The van der Waals surface area contributed by atoms with E-state index in [1.165, 1.54) is 199 Å². The third-order valence-electron chi connectivity index (χ3n) is 12.7. The van der Waals surface area contributed by atoms with Crippen molar-refractivity contribution >= 4 is 17.9 Å². The Bertz CT molecular complexity index is 1040. The molecule has 0 heterocycles. The van der Waals surface area contributed by atoms with Crippen molar-refractivity contribution in [1.82, 2.24) is 0 Å². The van der Waals surface area contributed by atoms with Crippen molar-refractivity contribution < 1.29 is 28.6 Å². The van der Waals surface area contributed by atoms with E-state index >= 15 is 0 Å². The standard InChI is InChI=1S/C58H108O6/c1-4-7-10-13-15-17-19-20-21-22-23-24-25-26-27-28-29-30-31-32-33-34-35-36-37-38-39-41-42-45-48-51-57(60)63-54-55(53-62-56(59)50-47-44-12-9-6-3)64-58(61)52-49-46-43-40-18-16-14-11-8-5-2/h19-20,22-23,55H,4-18,21,24-54H2,1-3H3/b20-19-,23-22-. The van der Waals surface area contributed by atoms with E-state index in [0.717, 1.165) is 70.6 Å². The summed E-state index contributed by atoms with van der Waals surface area (Å²) in [6.45, 7) is 6.56. The van der Waals surface area contributed by atoms with Gasteiger partial charge in [0.15, 0.2) is 6.10 Å². The molecule has 1 unspecified atom stereocenters. The molecule has 0 saturated carbocycles. The Morgan fingerprint density at radius 3 is 0.859 bits per heavy atom. The second kappa shape index (κ2) is 53.5. The second-order valence-electron chi connectivity index (χ2n) is 19.2. The van der Waals surface area contributed by atoms with Crippen molar-refractivity contribution in [1.29, 1.82) is 0 Å². The van der Waals surface area contributed by atoms with Gasteiger partial charge in [-0.1, -0.05) is 263 Å². The van der Waals surface area contributed by atoms with Crippen LogP contribution in [0, 0.1) is 0 Å². The van der Waals surface area contributed by atoms with E-state index in [1.807, 2.05) is 0 Å². The number of allylic oxidation sites excluding steroid dienone is 4. The SMILES string of the molecule is CCCCCCC/C=C\C/C=C\CCCCCCCCCCCCCCCCCCCCCC(=O)OCC(COC(=O)CCCCCCC)OC(=O)CCCCCCCCCCCC. The molecule has 376 valence electrons. The van der Waals surface area contributed by atoms with E-state index in [1.54, 1.807) is 0 Å². The molecule has 0 N–H and O–H groups in total. The topological polar surface area (TPSA) is 78.9 Å². The van der Waals surface area contributed by atoms with Gasteiger partial charge in [0.05, 0.1) is 0 Å². The summed E-state index contributed by atoms with van der Waals surface area (Å²) in [5.41, 5.74) is 0. The minimum absolute atomic E-state index is 0.0663. The zero-order valence-corrected chi connectivity index (χ0v) is 43.1. The number of hydrogen-bond acceptors (Lipinski definition) is 6. The summed E-state index contributed by atoms with van der Waals surface area (Å²) < 4.78 is 16.7. The van der Waals surface area contributed by atoms with Gasteiger partial charge in [-0.05, 0) is 51.4 Å². The smallest absolute Gasteiger partial charge is 0.306 e. The normalized spacial score (nSPS) is 12.1. The lowest BCUT2D eigenvalue weighted by atomic mass is 10.0. The second-order valence-corrected chi connectivity index (χ2v) is 19.2. The molecule has 0 amide bonds. The summed E-state index contributed by atoms with van der Waals surface area (Å²) >= 11 is 0. The highest BCUT2D eigenvalue weighted by molar-refractivity contribution is 5.71. The Balaban J connectivity index is 3.85. The van der Waals surface area contributed by atoms with Gasteiger partial charge in [-0.2, -0.15) is 0 Å². The van der Waals surface area contributed by atoms with Crippen LogP contribution in [0.3, 0.4) is 0 Å². The fraction of sp³-hybridized carbons (Fsp3) is 0.879. The molecule has 6 nitrogen and oxygen atoms in total. The fourth-order valence-corrected chi connectivity index (χ4v) is 8.42. The average Bonchev–Trinajstić information content (AvgIpc) is 3.29. The van der Waals surface area contributed by atoms with Gasteiger partial charge in [0.2, 0.25) is 0 Å². The van der Waals surface area contributed by atoms with Gasteiger partial charge in [-0.3, -0.25) is 14.4 Å². The monoisotopic (exact) mass is 901 g/mol. The van der Waals surface area contributed by atoms with Gasteiger partial charge in [0, 0.05) is 19.3 Å². The van der Waals surface area contributed by atoms with Crippen LogP contribution in [0.4, 0.5) is 0 Å². The summed E-state index contributed by atoms with van der Waals surface area (Å²) in [6, 6.07) is 0. The van der Waals surface area contributed by atoms with Crippen LogP contribution in [-0.4, -0.2) is 37.2 Å². The van der Waals surface area contributed by atoms with E-state index in [4.69, 9.17) is 14.2 Å². The van der Waals surface area contributed by atoms with Gasteiger partial charge < -0.3 is 14.2 Å². The van der Waals surface area contributed by atoms with Gasteiger partial charge in [-0.25, -0.2) is 0 Å². The summed E-state index contributed by atoms with van der Waals surface area (Å²) in [6.07, 6.45) is 62.4. The molecule has 64 heavy (non-hydrogen) atoms. The van der Waals surface area contributed by atoms with Gasteiger partial charge >= 0.3 is 17.9 Å². The Labute approximate surface area is 398 Å². The first-order chi connectivity index (χ1) is 31.5. The van der Waals surface area contributed by atoms with Crippen LogP contribution in [0.25, 0.3) is 0 Å². The fourth-order valence-electron chi connectivity index (χ4n) is 8.42. The Morgan fingerprint density at radius 1 is 0.312 bits per heavy atom. The number of carbonyl (C=O) groups excluding carboxylic acids is 3. The zero-order chi connectivity index (χ0) is 46.5. The van der Waals surface area contributed by atoms with Crippen molar-refractivity contribution in [2.24, 2.45) is 0 Å². The molecular weight excluding hydrogens is 793 g/mol. The minimum Gasteiger partial charge on any atom is -0.462 e. The summed E-state index contributed by atoms with van der Waals surface area (Å²) in [5.74, 6) is -0.868. The van der Waals surface area contributed by atoms with Crippen LogP contribution in [0.5, 0.6) is 0 Å². The predicted molar refractivity (Wildman–Crippen MR) is 275 cm³/mol. The molecule has 0 aliphatic heterocycles. The quantitative estimate of drug-likeness (QED) is 0.0262. The van der Waals surface area contributed by atoms with Crippen molar-refractivity contribution in [2.45, 2.75) is 316 Å². The Morgan fingerprint density at radius 2 is 0.562 bits per heavy atom. The van der Waals surface area contributed by atoms with Crippen LogP contribution in [0.1, 0.15) is 310 Å². The predicted octanol–water partition coefficient (Wildman–Crippen LogP) is 18.7. The molecular formula is C58H108O6. The molecule has 0 spiro atoms. The number of hydrogen-bond donors (Lipinski definition) is 0. The highest BCUT2D eigenvalue weighted by atomic mass is 16.6. The largest absolute Gasteiger partial charge is 0.462 e. The molecule has 0 rings (SSSR count). The van der Waals surface area contributed by atoms with E-state index in [9.17, 15) is 14.4 Å². The number of rotatable bonds is 52. The molecule has 0 aliphatic carbocycles. The number of carbonyl (C=O) groups is 3. The third kappa shape index (κ3) is 50.9. The molecule has 0 aromatic heterocycles. The molecule has 0 bridgehead atoms. The van der Waals surface area contributed by atoms with Crippen molar-refractivity contribution in [3.8, 4) is 0 Å². The minimum atomic E-state index is -0.760. The highest BCUT2D eigenvalue weighted by Crippen LogP contribution is 2.17. The lowest BCUT2D eigenvalue weighted by Gasteiger charge is -2.18. The molecule has 0 saturated heterocycles. The van der Waals surface area contributed by atoms with E-state index < -0.39 is 6.10 Å². The Kier molecular flexibility index (Phi) is 51.7. The molecule has 0 aliphatic rings. The number of unbranched alkanes of at least 4 members (excludes halogenated alkanes) is 37. The lowest BCUT2D eigenvalue weighted by molar-refractivity contribution is -0.167. The maximum Gasteiger partial charge on any atom is 0.306 e. The van der Waals surface area contributed by atoms with Crippen molar-refractivity contribution in [3.63, 3.8) is 0 Å². The number of esters is 3. The van der Waals surface area contributed by atoms with Gasteiger partial charge in [-0.15, -0.1) is 0 Å². The zero-order valence-electron chi connectivity index (χ0n) is 43.1. The molecule has 1 atom stereocenters. The van der Waals surface area contributed by atoms with E-state index in [2.05, 4.69) is 45.1 Å². The average molecular weight is 901 g/mol. The van der Waals surface area contributed by atoms with Gasteiger partial charge in [0.25, 0.3) is 0 Å². The third-order valence-corrected chi connectivity index (χ3v) is 12.7. The van der Waals surface area contributed by atoms with Gasteiger partial charge in [0.1, 0.15) is 13.2 Å². The van der Waals surface area contributed by atoms with E-state index in [-0.39, 0.29) is 31.1 Å². The first-order valence-electron chi connectivity index (χ1n) is 28.3. The summed E-state index contributed by atoms with van der Waals surface area (Å²) in [7, 11) is 0. The van der Waals surface area contributed by atoms with Crippen LogP contribution < -0.4 is 0 Å². The number of ether oxygens (including phenoxy) is 3. The molecule has 0 aromatic rings.